The Balaban J connectivity index is 1.76. The minimum atomic E-state index is -3.92. The van der Waals surface area contributed by atoms with Gasteiger partial charge < -0.3 is 4.42 Å². The summed E-state index contributed by atoms with van der Waals surface area (Å²) in [4.78, 5) is 12.1. The second-order valence-electron chi connectivity index (χ2n) is 5.33. The Labute approximate surface area is 160 Å². The summed E-state index contributed by atoms with van der Waals surface area (Å²) in [5.41, 5.74) is 2.69. The number of nitrogens with zero attached hydrogens (tertiary/aromatic N) is 1. The van der Waals surface area contributed by atoms with Gasteiger partial charge in [0.2, 0.25) is 0 Å². The number of nitrogens with one attached hydrogen (secondary N) is 2. The van der Waals surface area contributed by atoms with Gasteiger partial charge in [-0.1, -0.05) is 29.8 Å². The lowest BCUT2D eigenvalue weighted by molar-refractivity contribution is 0.0955. The van der Waals surface area contributed by atoms with Crippen molar-refractivity contribution in [1.29, 1.82) is 0 Å². The fourth-order valence-electron chi connectivity index (χ4n) is 2.14. The van der Waals surface area contributed by atoms with E-state index in [4.69, 9.17) is 16.0 Å². The number of benzene rings is 2. The number of para-hydroxylation sites is 1. The van der Waals surface area contributed by atoms with Crippen molar-refractivity contribution in [3.05, 3.63) is 83.3 Å². The van der Waals surface area contributed by atoms with Crippen molar-refractivity contribution in [2.75, 3.05) is 4.72 Å². The first-order valence-corrected chi connectivity index (χ1v) is 9.56. The molecule has 0 aliphatic carbocycles. The SMILES string of the molecule is O=C(N/N=C\c1ccco1)c1cccc(S(=O)(=O)Nc2ccccc2Cl)c1. The molecular formula is C18H14ClN3O4S. The summed E-state index contributed by atoms with van der Waals surface area (Å²) in [5, 5.41) is 4.03. The van der Waals surface area contributed by atoms with Gasteiger partial charge in [0.25, 0.3) is 15.9 Å². The largest absolute Gasteiger partial charge is 0.463 e. The molecule has 3 rings (SSSR count). The van der Waals surface area contributed by atoms with Crippen LogP contribution in [0.25, 0.3) is 0 Å². The molecule has 0 radical (unpaired) electrons. The molecule has 0 spiro atoms. The molecule has 2 N–H and O–H groups in total. The van der Waals surface area contributed by atoms with E-state index in [1.807, 2.05) is 0 Å². The average molecular weight is 404 g/mol. The number of rotatable bonds is 6. The number of amides is 1. The number of carbonyl (C=O) groups excluding carboxylic acids is 1. The lowest BCUT2D eigenvalue weighted by Crippen LogP contribution is -2.19. The van der Waals surface area contributed by atoms with Crippen LogP contribution in [0.2, 0.25) is 5.02 Å². The van der Waals surface area contributed by atoms with Crippen molar-refractivity contribution < 1.29 is 17.6 Å². The second-order valence-corrected chi connectivity index (χ2v) is 7.42. The third-order valence-electron chi connectivity index (χ3n) is 3.43. The molecule has 0 aliphatic rings. The molecule has 0 bridgehead atoms. The lowest BCUT2D eigenvalue weighted by atomic mass is 10.2. The number of halogens is 1. The van der Waals surface area contributed by atoms with Crippen LogP contribution in [0.3, 0.4) is 0 Å². The maximum Gasteiger partial charge on any atom is 0.271 e. The minimum absolute atomic E-state index is 0.0786. The van der Waals surface area contributed by atoms with E-state index in [0.29, 0.717) is 5.76 Å². The summed E-state index contributed by atoms with van der Waals surface area (Å²) in [6.07, 6.45) is 2.81. The minimum Gasteiger partial charge on any atom is -0.463 e. The van der Waals surface area contributed by atoms with E-state index in [0.717, 1.165) is 0 Å². The van der Waals surface area contributed by atoms with Crippen LogP contribution >= 0.6 is 11.6 Å². The molecule has 0 fully saturated rings. The van der Waals surface area contributed by atoms with Crippen molar-refractivity contribution in [2.24, 2.45) is 5.10 Å². The molecule has 1 amide bonds. The zero-order valence-corrected chi connectivity index (χ0v) is 15.4. The number of furan rings is 1. The normalized spacial score (nSPS) is 11.4. The molecule has 138 valence electrons. The number of anilines is 1. The zero-order chi connectivity index (χ0) is 19.3. The maximum absolute atomic E-state index is 12.6. The summed E-state index contributed by atoms with van der Waals surface area (Å²) in [6, 6.07) is 15.4. The number of hydrogen-bond donors (Lipinski definition) is 2. The number of sulfonamides is 1. The molecule has 0 atom stereocenters. The average Bonchev–Trinajstić information content (AvgIpc) is 3.17. The van der Waals surface area contributed by atoms with Crippen LogP contribution in [-0.2, 0) is 10.0 Å². The van der Waals surface area contributed by atoms with E-state index in [9.17, 15) is 13.2 Å². The Morgan fingerprint density at radius 2 is 1.89 bits per heavy atom. The van der Waals surface area contributed by atoms with E-state index in [1.54, 1.807) is 36.4 Å². The van der Waals surface area contributed by atoms with Gasteiger partial charge in [0.15, 0.2) is 0 Å². The van der Waals surface area contributed by atoms with Crippen molar-refractivity contribution in [3.8, 4) is 0 Å². The molecular weight excluding hydrogens is 390 g/mol. The van der Waals surface area contributed by atoms with Crippen LogP contribution in [0.1, 0.15) is 16.1 Å². The number of hydrazone groups is 1. The number of carbonyl (C=O) groups is 1. The fraction of sp³-hybridized carbons (Fsp3) is 0. The van der Waals surface area contributed by atoms with Crippen LogP contribution in [0.4, 0.5) is 5.69 Å². The Bertz CT molecular complexity index is 1080. The van der Waals surface area contributed by atoms with Crippen molar-refractivity contribution >= 4 is 39.4 Å². The van der Waals surface area contributed by atoms with Crippen LogP contribution in [-0.4, -0.2) is 20.5 Å². The van der Waals surface area contributed by atoms with Gasteiger partial charge in [-0.05, 0) is 42.5 Å². The standard InChI is InChI=1S/C18H14ClN3O4S/c19-16-8-1-2-9-17(16)22-27(24,25)15-7-3-5-13(11-15)18(23)21-20-12-14-6-4-10-26-14/h1-12,22H,(H,21,23)/b20-12-. The van der Waals surface area contributed by atoms with Crippen LogP contribution in [0.5, 0.6) is 0 Å². The highest BCUT2D eigenvalue weighted by Gasteiger charge is 2.17. The molecule has 0 aliphatic heterocycles. The van der Waals surface area contributed by atoms with Gasteiger partial charge in [-0.15, -0.1) is 0 Å². The van der Waals surface area contributed by atoms with Gasteiger partial charge in [-0.2, -0.15) is 5.10 Å². The molecule has 9 heteroatoms. The van der Waals surface area contributed by atoms with E-state index in [-0.39, 0.29) is 21.2 Å². The predicted molar refractivity (Wildman–Crippen MR) is 102 cm³/mol. The van der Waals surface area contributed by atoms with Gasteiger partial charge in [0.1, 0.15) is 5.76 Å². The quantitative estimate of drug-likeness (QED) is 0.485. The molecule has 0 saturated heterocycles. The van der Waals surface area contributed by atoms with Gasteiger partial charge in [0.05, 0.1) is 28.1 Å². The second kappa shape index (κ2) is 8.07. The summed E-state index contributed by atoms with van der Waals surface area (Å²) in [5.74, 6) is -0.0943. The molecule has 1 aromatic heterocycles. The molecule has 3 aromatic rings. The lowest BCUT2D eigenvalue weighted by Gasteiger charge is -2.10. The first-order chi connectivity index (χ1) is 13.0. The summed E-state index contributed by atoms with van der Waals surface area (Å²) < 4.78 is 32.6. The van der Waals surface area contributed by atoms with E-state index >= 15 is 0 Å². The first kappa shape index (κ1) is 18.7. The van der Waals surface area contributed by atoms with Crippen LogP contribution < -0.4 is 10.1 Å². The monoisotopic (exact) mass is 403 g/mol. The van der Waals surface area contributed by atoms with Crippen molar-refractivity contribution in [2.45, 2.75) is 4.90 Å². The molecule has 7 nitrogen and oxygen atoms in total. The molecule has 1 heterocycles. The van der Waals surface area contributed by atoms with E-state index < -0.39 is 15.9 Å². The van der Waals surface area contributed by atoms with Gasteiger partial charge >= 0.3 is 0 Å². The summed E-state index contributed by atoms with van der Waals surface area (Å²) in [7, 11) is -3.92. The third-order valence-corrected chi connectivity index (χ3v) is 5.12. The first-order valence-electron chi connectivity index (χ1n) is 7.70. The van der Waals surface area contributed by atoms with Gasteiger partial charge in [0, 0.05) is 5.56 Å². The van der Waals surface area contributed by atoms with Gasteiger partial charge in [-0.25, -0.2) is 13.8 Å². The maximum atomic E-state index is 12.6. The highest BCUT2D eigenvalue weighted by Crippen LogP contribution is 2.24. The highest BCUT2D eigenvalue weighted by atomic mass is 35.5. The topological polar surface area (TPSA) is 101 Å². The Morgan fingerprint density at radius 1 is 1.07 bits per heavy atom. The molecule has 27 heavy (non-hydrogen) atoms. The predicted octanol–water partition coefficient (Wildman–Crippen LogP) is 3.50. The van der Waals surface area contributed by atoms with E-state index in [2.05, 4.69) is 15.2 Å². The van der Waals surface area contributed by atoms with Gasteiger partial charge in [-0.3, -0.25) is 9.52 Å². The molecule has 2 aromatic carbocycles. The highest BCUT2D eigenvalue weighted by molar-refractivity contribution is 7.92. The summed E-state index contributed by atoms with van der Waals surface area (Å²) in [6.45, 7) is 0. The smallest absolute Gasteiger partial charge is 0.271 e. The van der Waals surface area contributed by atoms with Crippen LogP contribution in [0.15, 0.2) is 81.3 Å². The number of hydrogen-bond acceptors (Lipinski definition) is 5. The molecule has 0 saturated carbocycles. The van der Waals surface area contributed by atoms with Crippen LogP contribution in [0, 0.1) is 0 Å². The Hall–Kier alpha value is -3.10. The fourth-order valence-corrected chi connectivity index (χ4v) is 3.50. The summed E-state index contributed by atoms with van der Waals surface area (Å²) >= 11 is 5.98. The Morgan fingerprint density at radius 3 is 2.63 bits per heavy atom. The zero-order valence-electron chi connectivity index (χ0n) is 13.8. The molecule has 0 unspecified atom stereocenters. The van der Waals surface area contributed by atoms with Crippen molar-refractivity contribution in [1.82, 2.24) is 5.43 Å². The van der Waals surface area contributed by atoms with E-state index in [1.165, 1.54) is 36.7 Å². The Kier molecular flexibility index (Phi) is 5.58. The van der Waals surface area contributed by atoms with Crippen molar-refractivity contribution in [3.63, 3.8) is 0 Å². The third kappa shape index (κ3) is 4.75.